The number of fused-ring (bicyclic) bond motifs is 3. The van der Waals surface area contributed by atoms with Gasteiger partial charge in [-0.3, -0.25) is 0 Å². The molecule has 2 aliphatic rings. The van der Waals surface area contributed by atoms with E-state index in [4.69, 9.17) is 0 Å². The summed E-state index contributed by atoms with van der Waals surface area (Å²) in [7, 11) is 0. The van der Waals surface area contributed by atoms with Crippen LogP contribution in [-0.2, 0) is 0 Å². The van der Waals surface area contributed by atoms with Crippen LogP contribution in [0.3, 0.4) is 0 Å². The van der Waals surface area contributed by atoms with Crippen LogP contribution >= 0.6 is 0 Å². The van der Waals surface area contributed by atoms with Crippen LogP contribution in [0.25, 0.3) is 11.0 Å². The summed E-state index contributed by atoms with van der Waals surface area (Å²) in [5.41, 5.74) is 0.952. The van der Waals surface area contributed by atoms with Crippen LogP contribution in [0.1, 0.15) is 19.3 Å². The molecule has 1 aliphatic carbocycles. The third-order valence-corrected chi connectivity index (χ3v) is 4.01. The van der Waals surface area contributed by atoms with E-state index in [-0.39, 0.29) is 0 Å². The molecule has 2 aromatic rings. The summed E-state index contributed by atoms with van der Waals surface area (Å²) in [5.74, 6) is 2.02. The maximum atomic E-state index is 4.47. The van der Waals surface area contributed by atoms with Crippen molar-refractivity contribution in [2.75, 3.05) is 11.4 Å². The lowest BCUT2D eigenvalue weighted by molar-refractivity contribution is 0.551. The zero-order chi connectivity index (χ0) is 10.5. The summed E-state index contributed by atoms with van der Waals surface area (Å²) >= 11 is 0. The van der Waals surface area contributed by atoms with E-state index in [0.717, 1.165) is 28.8 Å². The highest BCUT2D eigenvalue weighted by atomic mass is 15.3. The molecule has 1 saturated heterocycles. The highest BCUT2D eigenvalue weighted by Crippen LogP contribution is 2.40. The average molecular weight is 214 g/mol. The monoisotopic (exact) mass is 214 g/mol. The van der Waals surface area contributed by atoms with Gasteiger partial charge in [-0.25, -0.2) is 9.97 Å². The van der Waals surface area contributed by atoms with E-state index in [1.54, 1.807) is 6.33 Å². The number of aromatic nitrogens is 3. The molecule has 2 atom stereocenters. The van der Waals surface area contributed by atoms with Crippen molar-refractivity contribution in [2.24, 2.45) is 5.92 Å². The maximum absolute atomic E-state index is 4.47. The van der Waals surface area contributed by atoms with E-state index in [0.29, 0.717) is 0 Å². The Labute approximate surface area is 93.7 Å². The topological polar surface area (TPSA) is 44.8 Å². The summed E-state index contributed by atoms with van der Waals surface area (Å²) in [5, 5.41) is 1.16. The van der Waals surface area contributed by atoms with Crippen molar-refractivity contribution >= 4 is 16.9 Å². The van der Waals surface area contributed by atoms with Gasteiger partial charge in [0.1, 0.15) is 17.8 Å². The summed E-state index contributed by atoms with van der Waals surface area (Å²) in [6.45, 7) is 1.18. The quantitative estimate of drug-likeness (QED) is 0.789. The minimum absolute atomic E-state index is 0.720. The fraction of sp³-hybridized carbons (Fsp3) is 0.500. The number of rotatable bonds is 1. The molecule has 1 N–H and O–H groups in total. The van der Waals surface area contributed by atoms with Gasteiger partial charge in [0.2, 0.25) is 0 Å². The molecule has 3 heterocycles. The van der Waals surface area contributed by atoms with Crippen molar-refractivity contribution in [1.82, 2.24) is 15.0 Å². The Morgan fingerprint density at radius 2 is 2.31 bits per heavy atom. The first kappa shape index (κ1) is 8.56. The molecule has 0 spiro atoms. The number of nitrogens with zero attached hydrogens (tertiary/aromatic N) is 3. The molecule has 82 valence electrons. The lowest BCUT2D eigenvalue weighted by Crippen LogP contribution is -2.32. The molecule has 16 heavy (non-hydrogen) atoms. The Morgan fingerprint density at radius 3 is 3.12 bits per heavy atom. The van der Waals surface area contributed by atoms with Crippen molar-refractivity contribution in [3.63, 3.8) is 0 Å². The van der Waals surface area contributed by atoms with E-state index in [1.807, 2.05) is 6.20 Å². The van der Waals surface area contributed by atoms with Crippen LogP contribution < -0.4 is 4.90 Å². The van der Waals surface area contributed by atoms with Crippen LogP contribution in [0.4, 0.5) is 5.82 Å². The summed E-state index contributed by atoms with van der Waals surface area (Å²) in [4.78, 5) is 14.3. The molecule has 2 aromatic heterocycles. The van der Waals surface area contributed by atoms with E-state index in [2.05, 4.69) is 25.9 Å². The number of H-pyrrole nitrogens is 1. The van der Waals surface area contributed by atoms with Crippen LogP contribution in [-0.4, -0.2) is 27.5 Å². The largest absolute Gasteiger partial charge is 0.353 e. The molecule has 0 amide bonds. The highest BCUT2D eigenvalue weighted by molar-refractivity contribution is 5.87. The summed E-state index contributed by atoms with van der Waals surface area (Å²) < 4.78 is 0. The van der Waals surface area contributed by atoms with Crippen LogP contribution in [0.5, 0.6) is 0 Å². The maximum Gasteiger partial charge on any atom is 0.142 e. The zero-order valence-electron chi connectivity index (χ0n) is 9.06. The number of nitrogens with one attached hydrogen (secondary N) is 1. The minimum Gasteiger partial charge on any atom is -0.353 e. The molecule has 0 aromatic carbocycles. The lowest BCUT2D eigenvalue weighted by atomic mass is 10.1. The van der Waals surface area contributed by atoms with E-state index in [9.17, 15) is 0 Å². The predicted octanol–water partition coefficient (Wildman–Crippen LogP) is 1.95. The highest BCUT2D eigenvalue weighted by Gasteiger charge is 2.38. The second-order valence-corrected chi connectivity index (χ2v) is 4.92. The Kier molecular flexibility index (Phi) is 1.59. The van der Waals surface area contributed by atoms with Gasteiger partial charge in [0, 0.05) is 18.8 Å². The molecule has 2 unspecified atom stereocenters. The normalized spacial score (nSPS) is 28.1. The van der Waals surface area contributed by atoms with Gasteiger partial charge in [-0.05, 0) is 31.2 Å². The predicted molar refractivity (Wildman–Crippen MR) is 62.4 cm³/mol. The summed E-state index contributed by atoms with van der Waals surface area (Å²) in [6.07, 6.45) is 7.70. The van der Waals surface area contributed by atoms with Gasteiger partial charge in [0.05, 0.1) is 5.39 Å². The average Bonchev–Trinajstić information content (AvgIpc) is 3.03. The van der Waals surface area contributed by atoms with Crippen molar-refractivity contribution in [2.45, 2.75) is 25.3 Å². The molecule has 2 bridgehead atoms. The standard InChI is InChI=1S/C12H14N4/c1-2-9-5-8(1)6-16(9)12-10-3-4-13-11(10)14-7-15-12/h3-4,7-9H,1-2,5-6H2,(H,13,14,15). The first-order valence-electron chi connectivity index (χ1n) is 5.96. The SMILES string of the molecule is c1nc(N2CC3CCC2C3)c2cc[nH]c2n1. The second-order valence-electron chi connectivity index (χ2n) is 4.92. The number of hydrogen-bond acceptors (Lipinski definition) is 3. The molecule has 1 saturated carbocycles. The van der Waals surface area contributed by atoms with Crippen molar-refractivity contribution in [3.8, 4) is 0 Å². The first-order chi connectivity index (χ1) is 7.92. The van der Waals surface area contributed by atoms with E-state index >= 15 is 0 Å². The van der Waals surface area contributed by atoms with Crippen LogP contribution in [0.15, 0.2) is 18.6 Å². The van der Waals surface area contributed by atoms with Crippen LogP contribution in [0, 0.1) is 5.92 Å². The van der Waals surface area contributed by atoms with Gasteiger partial charge in [0.15, 0.2) is 0 Å². The molecule has 4 nitrogen and oxygen atoms in total. The number of hydrogen-bond donors (Lipinski definition) is 1. The van der Waals surface area contributed by atoms with E-state index < -0.39 is 0 Å². The molecule has 2 fully saturated rings. The summed E-state index contributed by atoms with van der Waals surface area (Å²) in [6, 6.07) is 2.80. The van der Waals surface area contributed by atoms with Gasteiger partial charge in [-0.2, -0.15) is 0 Å². The van der Waals surface area contributed by atoms with Gasteiger partial charge in [-0.1, -0.05) is 0 Å². The van der Waals surface area contributed by atoms with Crippen molar-refractivity contribution in [3.05, 3.63) is 18.6 Å². The third kappa shape index (κ3) is 1.04. The van der Waals surface area contributed by atoms with Gasteiger partial charge < -0.3 is 9.88 Å². The lowest BCUT2D eigenvalue weighted by Gasteiger charge is -2.28. The smallest absolute Gasteiger partial charge is 0.142 e. The molecular formula is C12H14N4. The van der Waals surface area contributed by atoms with Crippen LogP contribution in [0.2, 0.25) is 0 Å². The second kappa shape index (κ2) is 2.97. The Balaban J connectivity index is 1.84. The zero-order valence-corrected chi connectivity index (χ0v) is 9.06. The number of piperidine rings is 1. The molecule has 4 rings (SSSR count). The number of aromatic amines is 1. The van der Waals surface area contributed by atoms with Gasteiger partial charge in [0.25, 0.3) is 0 Å². The van der Waals surface area contributed by atoms with Crippen molar-refractivity contribution in [1.29, 1.82) is 0 Å². The van der Waals surface area contributed by atoms with Gasteiger partial charge >= 0.3 is 0 Å². The van der Waals surface area contributed by atoms with Gasteiger partial charge in [-0.15, -0.1) is 0 Å². The van der Waals surface area contributed by atoms with E-state index in [1.165, 1.54) is 25.8 Å². The molecule has 0 radical (unpaired) electrons. The fourth-order valence-corrected chi connectivity index (χ4v) is 3.27. The molecular weight excluding hydrogens is 200 g/mol. The Hall–Kier alpha value is -1.58. The Bertz CT molecular complexity index is 533. The van der Waals surface area contributed by atoms with Crippen molar-refractivity contribution < 1.29 is 0 Å². The third-order valence-electron chi connectivity index (χ3n) is 4.01. The first-order valence-corrected chi connectivity index (χ1v) is 5.96. The minimum atomic E-state index is 0.720. The fourth-order valence-electron chi connectivity index (χ4n) is 3.27. The molecule has 1 aliphatic heterocycles. The Morgan fingerprint density at radius 1 is 1.31 bits per heavy atom. The number of anilines is 1. The molecule has 4 heteroatoms.